The maximum absolute atomic E-state index is 11.9. The number of methoxy groups -OCH3 is 1. The van der Waals surface area contributed by atoms with Gasteiger partial charge in [-0.2, -0.15) is 0 Å². The lowest BCUT2D eigenvalue weighted by Gasteiger charge is -2.28. The molecule has 0 aromatic rings. The van der Waals surface area contributed by atoms with Crippen LogP contribution >= 0.6 is 0 Å². The molecule has 104 valence electrons. The van der Waals surface area contributed by atoms with Crippen LogP contribution in [-0.4, -0.2) is 31.6 Å². The van der Waals surface area contributed by atoms with E-state index in [1.54, 1.807) is 14.0 Å². The first-order valence-electron chi connectivity index (χ1n) is 6.58. The van der Waals surface area contributed by atoms with E-state index >= 15 is 0 Å². The van der Waals surface area contributed by atoms with E-state index in [9.17, 15) is 4.79 Å². The van der Waals surface area contributed by atoms with Crippen LogP contribution in [0.15, 0.2) is 12.2 Å². The predicted octanol–water partition coefficient (Wildman–Crippen LogP) is 2.82. The maximum atomic E-state index is 11.9. The summed E-state index contributed by atoms with van der Waals surface area (Å²) in [4.78, 5) is 11.9. The van der Waals surface area contributed by atoms with Crippen molar-refractivity contribution in [1.29, 1.82) is 0 Å². The number of hydrogen-bond acceptors (Lipinski definition) is 4. The molecule has 18 heavy (non-hydrogen) atoms. The van der Waals surface area contributed by atoms with Crippen LogP contribution in [0.1, 0.15) is 46.0 Å². The molecule has 1 unspecified atom stereocenters. The van der Waals surface area contributed by atoms with E-state index < -0.39 is 0 Å². The molecule has 0 saturated heterocycles. The summed E-state index contributed by atoms with van der Waals surface area (Å²) in [5, 5.41) is 0. The molecule has 4 nitrogen and oxygen atoms in total. The summed E-state index contributed by atoms with van der Waals surface area (Å²) in [6, 6.07) is 0. The molecule has 0 bridgehead atoms. The minimum absolute atomic E-state index is 0.146. The second-order valence-corrected chi connectivity index (χ2v) is 4.85. The summed E-state index contributed by atoms with van der Waals surface area (Å²) < 4.78 is 15.8. The highest BCUT2D eigenvalue weighted by Gasteiger charge is 2.36. The van der Waals surface area contributed by atoms with E-state index in [0.717, 1.165) is 32.1 Å². The van der Waals surface area contributed by atoms with Crippen LogP contribution < -0.4 is 0 Å². The lowest BCUT2D eigenvalue weighted by molar-refractivity contribution is -0.157. The Bertz CT molecular complexity index is 292. The molecule has 0 amide bonds. The van der Waals surface area contributed by atoms with Gasteiger partial charge in [0.05, 0.1) is 12.2 Å². The fraction of sp³-hybridized carbons (Fsp3) is 0.786. The maximum Gasteiger partial charge on any atom is 0.336 e. The Morgan fingerprint density at radius 2 is 2.00 bits per heavy atom. The molecule has 0 aliphatic heterocycles. The molecule has 1 rings (SSSR count). The topological polar surface area (TPSA) is 44.8 Å². The van der Waals surface area contributed by atoms with E-state index in [0.29, 0.717) is 5.57 Å². The van der Waals surface area contributed by atoms with Crippen LogP contribution in [0, 0.1) is 0 Å². The molecule has 0 spiro atoms. The lowest BCUT2D eigenvalue weighted by atomic mass is 9.99. The third-order valence-corrected chi connectivity index (χ3v) is 3.58. The minimum Gasteiger partial charge on any atom is -0.456 e. The second kappa shape index (κ2) is 6.90. The zero-order chi connectivity index (χ0) is 13.6. The second-order valence-electron chi connectivity index (χ2n) is 4.85. The molecule has 1 fully saturated rings. The number of carbonyl (C=O) groups is 1. The van der Waals surface area contributed by atoms with Crippen LogP contribution in [0.3, 0.4) is 0 Å². The Kier molecular flexibility index (Phi) is 5.82. The molecule has 0 heterocycles. The van der Waals surface area contributed by atoms with Crippen molar-refractivity contribution in [1.82, 2.24) is 0 Å². The van der Waals surface area contributed by atoms with Gasteiger partial charge in [-0.1, -0.05) is 13.5 Å². The van der Waals surface area contributed by atoms with Crippen molar-refractivity contribution < 1.29 is 19.0 Å². The Labute approximate surface area is 109 Å². The summed E-state index contributed by atoms with van der Waals surface area (Å²) in [7, 11) is 1.55. The lowest BCUT2D eigenvalue weighted by Crippen LogP contribution is -2.32. The first kappa shape index (κ1) is 15.2. The van der Waals surface area contributed by atoms with Gasteiger partial charge in [0, 0.05) is 7.11 Å². The van der Waals surface area contributed by atoms with Gasteiger partial charge in [0.25, 0.3) is 0 Å². The SMILES string of the molecule is C=C(COC(C)OC)C(=O)OC1(CC)CCCC1. The van der Waals surface area contributed by atoms with E-state index in [1.165, 1.54) is 0 Å². The average molecular weight is 256 g/mol. The van der Waals surface area contributed by atoms with Crippen molar-refractivity contribution in [3.05, 3.63) is 12.2 Å². The fourth-order valence-electron chi connectivity index (χ4n) is 2.16. The zero-order valence-electron chi connectivity index (χ0n) is 11.7. The minimum atomic E-state index is -0.346. The molecule has 1 aliphatic rings. The Hall–Kier alpha value is -0.870. The Morgan fingerprint density at radius 3 is 2.50 bits per heavy atom. The number of hydrogen-bond donors (Lipinski definition) is 0. The summed E-state index contributed by atoms with van der Waals surface area (Å²) in [6.07, 6.45) is 4.69. The number of esters is 1. The molecule has 1 saturated carbocycles. The highest BCUT2D eigenvalue weighted by molar-refractivity contribution is 5.88. The van der Waals surface area contributed by atoms with Crippen molar-refractivity contribution in [3.8, 4) is 0 Å². The van der Waals surface area contributed by atoms with Crippen molar-refractivity contribution >= 4 is 5.97 Å². The molecule has 1 atom stereocenters. The largest absolute Gasteiger partial charge is 0.456 e. The molecular weight excluding hydrogens is 232 g/mol. The van der Waals surface area contributed by atoms with Crippen LogP contribution in [0.25, 0.3) is 0 Å². The number of rotatable bonds is 7. The van der Waals surface area contributed by atoms with E-state index in [-0.39, 0.29) is 24.5 Å². The van der Waals surface area contributed by atoms with Crippen molar-refractivity contribution in [2.45, 2.75) is 57.8 Å². The van der Waals surface area contributed by atoms with Gasteiger partial charge in [-0.15, -0.1) is 0 Å². The van der Waals surface area contributed by atoms with Crippen LogP contribution in [0.4, 0.5) is 0 Å². The fourth-order valence-corrected chi connectivity index (χ4v) is 2.16. The Morgan fingerprint density at radius 1 is 1.39 bits per heavy atom. The average Bonchev–Trinajstić information content (AvgIpc) is 2.84. The third kappa shape index (κ3) is 4.10. The molecule has 0 radical (unpaired) electrons. The van der Waals surface area contributed by atoms with Crippen molar-refractivity contribution in [2.75, 3.05) is 13.7 Å². The van der Waals surface area contributed by atoms with Gasteiger partial charge >= 0.3 is 5.97 Å². The summed E-state index contributed by atoms with van der Waals surface area (Å²) in [6.45, 7) is 7.69. The van der Waals surface area contributed by atoms with Gasteiger partial charge in [-0.05, 0) is 39.0 Å². The molecule has 0 aromatic heterocycles. The van der Waals surface area contributed by atoms with Gasteiger partial charge in [-0.25, -0.2) is 4.79 Å². The molecule has 0 aromatic carbocycles. The smallest absolute Gasteiger partial charge is 0.336 e. The van der Waals surface area contributed by atoms with Crippen molar-refractivity contribution in [3.63, 3.8) is 0 Å². The summed E-state index contributed by atoms with van der Waals surface area (Å²) in [5.41, 5.74) is 0.0750. The third-order valence-electron chi connectivity index (χ3n) is 3.58. The molecule has 0 N–H and O–H groups in total. The molecule has 4 heteroatoms. The van der Waals surface area contributed by atoms with Crippen LogP contribution in [0.5, 0.6) is 0 Å². The van der Waals surface area contributed by atoms with E-state index in [1.807, 2.05) is 0 Å². The van der Waals surface area contributed by atoms with Gasteiger partial charge in [-0.3, -0.25) is 0 Å². The first-order chi connectivity index (χ1) is 8.53. The molecular formula is C14H24O4. The monoisotopic (exact) mass is 256 g/mol. The summed E-state index contributed by atoms with van der Waals surface area (Å²) >= 11 is 0. The number of carbonyl (C=O) groups excluding carboxylic acids is 1. The first-order valence-corrected chi connectivity index (χ1v) is 6.58. The van der Waals surface area contributed by atoms with Crippen LogP contribution in [-0.2, 0) is 19.0 Å². The zero-order valence-corrected chi connectivity index (χ0v) is 11.7. The predicted molar refractivity (Wildman–Crippen MR) is 69.1 cm³/mol. The van der Waals surface area contributed by atoms with E-state index in [4.69, 9.17) is 14.2 Å². The Balaban J connectivity index is 2.41. The number of ether oxygens (including phenoxy) is 3. The molecule has 1 aliphatic carbocycles. The quantitative estimate of drug-likeness (QED) is 0.399. The standard InChI is InChI=1S/C14H24O4/c1-5-14(8-6-7-9-14)18-13(15)11(2)10-17-12(3)16-4/h12H,2,5-10H2,1,3-4H3. The van der Waals surface area contributed by atoms with Gasteiger partial charge in [0.1, 0.15) is 5.60 Å². The van der Waals surface area contributed by atoms with Gasteiger partial charge in [0.2, 0.25) is 0 Å². The highest BCUT2D eigenvalue weighted by Crippen LogP contribution is 2.36. The van der Waals surface area contributed by atoms with Gasteiger partial charge in [0.15, 0.2) is 6.29 Å². The highest BCUT2D eigenvalue weighted by atomic mass is 16.7. The summed E-state index contributed by atoms with van der Waals surface area (Å²) in [5.74, 6) is -0.345. The van der Waals surface area contributed by atoms with Crippen LogP contribution in [0.2, 0.25) is 0 Å². The van der Waals surface area contributed by atoms with E-state index in [2.05, 4.69) is 13.5 Å². The normalized spacial score (nSPS) is 19.5. The van der Waals surface area contributed by atoms with Crippen molar-refractivity contribution in [2.24, 2.45) is 0 Å². The van der Waals surface area contributed by atoms with Gasteiger partial charge < -0.3 is 14.2 Å².